The second kappa shape index (κ2) is 5.18. The van der Waals surface area contributed by atoms with Gasteiger partial charge in [0.2, 0.25) is 8.32 Å². The van der Waals surface area contributed by atoms with Gasteiger partial charge in [0.25, 0.3) is 0 Å². The Morgan fingerprint density at radius 3 is 1.96 bits per heavy atom. The van der Waals surface area contributed by atoms with E-state index in [1.165, 1.54) is 18.2 Å². The molecule has 0 fully saturated rings. The Bertz CT molecular complexity index is 613. The lowest BCUT2D eigenvalue weighted by Gasteiger charge is -2.39. The van der Waals surface area contributed by atoms with Gasteiger partial charge in [0.1, 0.15) is 11.5 Å². The quantitative estimate of drug-likeness (QED) is 0.540. The average Bonchev–Trinajstić information content (AvgIpc) is 2.34. The van der Waals surface area contributed by atoms with Crippen molar-refractivity contribution in [3.63, 3.8) is 0 Å². The summed E-state index contributed by atoms with van der Waals surface area (Å²) in [6.45, 7) is 4.98. The first-order valence-electron chi connectivity index (χ1n) is 6.61. The minimum absolute atomic E-state index is 0.00637. The topological polar surface area (TPSA) is 18.5 Å². The predicted octanol–water partition coefficient (Wildman–Crippen LogP) is 5.13. The normalized spacial score (nSPS) is 17.9. The van der Waals surface area contributed by atoms with Gasteiger partial charge in [0, 0.05) is 6.08 Å². The van der Waals surface area contributed by atoms with E-state index in [0.717, 1.165) is 6.07 Å². The van der Waals surface area contributed by atoms with Gasteiger partial charge in [-0.05, 0) is 31.8 Å². The van der Waals surface area contributed by atoms with Crippen molar-refractivity contribution in [3.8, 4) is 5.75 Å². The first-order chi connectivity index (χ1) is 10.3. The molecule has 1 aromatic carbocycles. The second-order valence-corrected chi connectivity index (χ2v) is 10.5. The highest BCUT2D eigenvalue weighted by molar-refractivity contribution is 6.70. The Kier molecular flexibility index (Phi) is 3.99. The van der Waals surface area contributed by atoms with Gasteiger partial charge in [-0.15, -0.1) is 0 Å². The first kappa shape index (κ1) is 17.7. The molecule has 0 unspecified atom stereocenters. The molecule has 1 aliphatic rings. The fraction of sp³-hybridized carbons (Fsp3) is 0.429. The molecule has 0 saturated heterocycles. The third-order valence-corrected chi connectivity index (χ3v) is 3.85. The summed E-state index contributed by atoms with van der Waals surface area (Å²) in [6.07, 6.45) is -11.4. The Morgan fingerprint density at radius 2 is 1.48 bits per heavy atom. The number of halogens is 6. The highest BCUT2D eigenvalue weighted by atomic mass is 28.4. The van der Waals surface area contributed by atoms with Crippen molar-refractivity contribution in [2.45, 2.75) is 37.6 Å². The maximum atomic E-state index is 13.3. The highest BCUT2D eigenvalue weighted by Crippen LogP contribution is 2.52. The number of para-hydroxylation sites is 1. The van der Waals surface area contributed by atoms with Crippen LogP contribution in [0.25, 0.3) is 5.76 Å². The van der Waals surface area contributed by atoms with Gasteiger partial charge < -0.3 is 9.16 Å². The SMILES string of the molecule is C[Si](C)(C)OC1=CC(C(F)(F)F)(C(F)(F)F)Oc2ccccc21. The number of benzene rings is 1. The van der Waals surface area contributed by atoms with Crippen molar-refractivity contribution >= 4 is 14.1 Å². The van der Waals surface area contributed by atoms with E-state index in [0.29, 0.717) is 0 Å². The van der Waals surface area contributed by atoms with Crippen LogP contribution in [0.1, 0.15) is 5.56 Å². The number of rotatable bonds is 2. The Labute approximate surface area is 129 Å². The molecule has 0 N–H and O–H groups in total. The van der Waals surface area contributed by atoms with E-state index < -0.39 is 37.8 Å². The van der Waals surface area contributed by atoms with Crippen LogP contribution in [0.3, 0.4) is 0 Å². The molecule has 9 heteroatoms. The number of ether oxygens (including phenoxy) is 1. The van der Waals surface area contributed by atoms with Gasteiger partial charge >= 0.3 is 18.0 Å². The van der Waals surface area contributed by atoms with E-state index in [-0.39, 0.29) is 11.6 Å². The summed E-state index contributed by atoms with van der Waals surface area (Å²) in [5.74, 6) is -0.974. The lowest BCUT2D eigenvalue weighted by molar-refractivity contribution is -0.338. The molecule has 2 rings (SSSR count). The largest absolute Gasteiger partial charge is 0.544 e. The summed E-state index contributed by atoms with van der Waals surface area (Å²) in [5, 5.41) is 0. The van der Waals surface area contributed by atoms with Gasteiger partial charge in [-0.25, -0.2) is 0 Å². The Balaban J connectivity index is 2.70. The minimum Gasteiger partial charge on any atom is -0.544 e. The van der Waals surface area contributed by atoms with Gasteiger partial charge in [0.05, 0.1) is 5.56 Å². The van der Waals surface area contributed by atoms with Crippen LogP contribution in [-0.2, 0) is 4.43 Å². The molecule has 23 heavy (non-hydrogen) atoms. The average molecular weight is 356 g/mol. The summed E-state index contributed by atoms with van der Waals surface area (Å²) in [4.78, 5) is 0. The lowest BCUT2D eigenvalue weighted by atomic mass is 9.95. The smallest absolute Gasteiger partial charge is 0.441 e. The molecule has 0 saturated carbocycles. The molecule has 0 amide bonds. The first-order valence-corrected chi connectivity index (χ1v) is 10.0. The van der Waals surface area contributed by atoms with Gasteiger partial charge in [-0.1, -0.05) is 12.1 Å². The third-order valence-electron chi connectivity index (χ3n) is 3.02. The maximum Gasteiger partial charge on any atom is 0.441 e. The van der Waals surface area contributed by atoms with E-state index in [1.807, 2.05) is 0 Å². The lowest BCUT2D eigenvalue weighted by Crippen LogP contribution is -2.60. The van der Waals surface area contributed by atoms with Crippen molar-refractivity contribution in [2.24, 2.45) is 0 Å². The van der Waals surface area contributed by atoms with Gasteiger partial charge in [0.15, 0.2) is 0 Å². The van der Waals surface area contributed by atoms with E-state index in [4.69, 9.17) is 4.43 Å². The molecule has 1 heterocycles. The molecule has 0 atom stereocenters. The summed E-state index contributed by atoms with van der Waals surface area (Å²) < 4.78 is 89.4. The molecule has 2 nitrogen and oxygen atoms in total. The summed E-state index contributed by atoms with van der Waals surface area (Å²) in [5.41, 5.74) is -4.36. The van der Waals surface area contributed by atoms with E-state index in [2.05, 4.69) is 4.74 Å². The fourth-order valence-corrected chi connectivity index (χ4v) is 2.91. The fourth-order valence-electron chi connectivity index (χ4n) is 2.08. The van der Waals surface area contributed by atoms with Crippen LogP contribution in [0, 0.1) is 0 Å². The van der Waals surface area contributed by atoms with E-state index in [9.17, 15) is 26.3 Å². The minimum atomic E-state index is -5.69. The van der Waals surface area contributed by atoms with Crippen molar-refractivity contribution in [3.05, 3.63) is 35.9 Å². The molecule has 0 spiro atoms. The molecule has 0 bridgehead atoms. The molecular weight excluding hydrogens is 342 g/mol. The van der Waals surface area contributed by atoms with Gasteiger partial charge in [-0.3, -0.25) is 0 Å². The highest BCUT2D eigenvalue weighted by Gasteiger charge is 2.74. The van der Waals surface area contributed by atoms with Crippen LogP contribution < -0.4 is 4.74 Å². The van der Waals surface area contributed by atoms with Gasteiger partial charge in [-0.2, -0.15) is 26.3 Å². The summed E-state index contributed by atoms with van der Waals surface area (Å²) in [6, 6.07) is 5.20. The Hall–Kier alpha value is -1.64. The number of hydrogen-bond donors (Lipinski definition) is 0. The molecule has 1 aliphatic heterocycles. The van der Waals surface area contributed by atoms with Crippen molar-refractivity contribution in [1.29, 1.82) is 0 Å². The zero-order valence-corrected chi connectivity index (χ0v) is 13.5. The Morgan fingerprint density at radius 1 is 0.957 bits per heavy atom. The summed E-state index contributed by atoms with van der Waals surface area (Å²) in [7, 11) is -2.45. The van der Waals surface area contributed by atoms with E-state index in [1.54, 1.807) is 19.6 Å². The molecule has 0 radical (unpaired) electrons. The zero-order valence-electron chi connectivity index (χ0n) is 12.5. The van der Waals surface area contributed by atoms with Crippen LogP contribution in [-0.4, -0.2) is 26.3 Å². The molecule has 0 aromatic heterocycles. The molecule has 0 aliphatic carbocycles. The number of hydrogen-bond acceptors (Lipinski definition) is 2. The molecule has 128 valence electrons. The van der Waals surface area contributed by atoms with Crippen molar-refractivity contribution in [2.75, 3.05) is 0 Å². The molecular formula is C14H14F6O2Si. The summed E-state index contributed by atoms with van der Waals surface area (Å²) >= 11 is 0. The number of fused-ring (bicyclic) bond motifs is 1. The van der Waals surface area contributed by atoms with Crippen LogP contribution in [0.4, 0.5) is 26.3 Å². The zero-order chi connectivity index (χ0) is 17.7. The monoisotopic (exact) mass is 356 g/mol. The standard InChI is InChI=1S/C14H14F6O2Si/c1-23(2,3)22-11-8-12(13(15,16)17,14(18,19)20)21-10-7-5-4-6-9(10)11/h4-8H,1-3H3. The van der Waals surface area contributed by atoms with Crippen molar-refractivity contribution < 1.29 is 35.5 Å². The maximum absolute atomic E-state index is 13.3. The third kappa shape index (κ3) is 3.19. The predicted molar refractivity (Wildman–Crippen MR) is 74.3 cm³/mol. The van der Waals surface area contributed by atoms with Crippen molar-refractivity contribution in [1.82, 2.24) is 0 Å². The van der Waals surface area contributed by atoms with Crippen LogP contribution in [0.5, 0.6) is 5.75 Å². The second-order valence-electron chi connectivity index (χ2n) is 6.05. The molecule has 1 aromatic rings. The van der Waals surface area contributed by atoms with Crippen LogP contribution in [0.2, 0.25) is 19.6 Å². The van der Waals surface area contributed by atoms with Crippen LogP contribution >= 0.6 is 0 Å². The van der Waals surface area contributed by atoms with Crippen LogP contribution in [0.15, 0.2) is 30.3 Å². The number of alkyl halides is 6. The van der Waals surface area contributed by atoms with E-state index >= 15 is 0 Å².